The van der Waals surface area contributed by atoms with Crippen LogP contribution in [-0.4, -0.2) is 45.7 Å². The number of β-amino-alcohol motifs (C(OH)–C–C–N with tert-alkyl or cyclic N) is 1. The number of hydrogen-bond acceptors (Lipinski definition) is 5. The molecule has 0 saturated carbocycles. The van der Waals surface area contributed by atoms with E-state index < -0.39 is 17.8 Å². The molecule has 7 heteroatoms. The summed E-state index contributed by atoms with van der Waals surface area (Å²) >= 11 is 0. The molecule has 0 spiro atoms. The van der Waals surface area contributed by atoms with Crippen LogP contribution in [-0.2, 0) is 4.79 Å². The van der Waals surface area contributed by atoms with Crippen molar-refractivity contribution in [1.29, 1.82) is 0 Å². The van der Waals surface area contributed by atoms with Gasteiger partial charge in [0.1, 0.15) is 0 Å². The van der Waals surface area contributed by atoms with Gasteiger partial charge in [0.2, 0.25) is 0 Å². The summed E-state index contributed by atoms with van der Waals surface area (Å²) in [6.45, 7) is 1.76. The number of nitrogens with one attached hydrogen (secondary N) is 1. The zero-order chi connectivity index (χ0) is 15.7. The minimum absolute atomic E-state index is 0.279. The first-order valence-electron chi connectivity index (χ1n) is 7.29. The SMILES string of the molecule is O=C(O)C1CCN(CC(O)c2ccc3[nH]c(=O)oc3c2)CC1. The maximum absolute atomic E-state index is 11.1. The second-order valence-electron chi connectivity index (χ2n) is 5.70. The molecular formula is C15H18N2O5. The number of carbonyl (C=O) groups is 1. The third-order valence-corrected chi connectivity index (χ3v) is 4.20. The minimum atomic E-state index is -0.742. The second kappa shape index (κ2) is 5.94. The van der Waals surface area contributed by atoms with Crippen molar-refractivity contribution in [1.82, 2.24) is 9.88 Å². The maximum Gasteiger partial charge on any atom is 0.417 e. The molecule has 7 nitrogen and oxygen atoms in total. The van der Waals surface area contributed by atoms with Crippen molar-refractivity contribution in [2.45, 2.75) is 18.9 Å². The van der Waals surface area contributed by atoms with E-state index in [-0.39, 0.29) is 5.92 Å². The van der Waals surface area contributed by atoms with Crippen molar-refractivity contribution >= 4 is 17.1 Å². The van der Waals surface area contributed by atoms with Crippen molar-refractivity contribution in [3.63, 3.8) is 0 Å². The van der Waals surface area contributed by atoms with Gasteiger partial charge in [0, 0.05) is 6.54 Å². The summed E-state index contributed by atoms with van der Waals surface area (Å²) in [5, 5.41) is 19.3. The number of aliphatic hydroxyl groups excluding tert-OH is 1. The number of carboxylic acids is 1. The first-order chi connectivity index (χ1) is 10.5. The highest BCUT2D eigenvalue weighted by molar-refractivity contribution is 5.72. The standard InChI is InChI=1S/C15H18N2O5/c18-12(8-17-5-3-9(4-6-17)14(19)20)10-1-2-11-13(7-10)22-15(21)16-11/h1-2,7,9,12,18H,3-6,8H2,(H,16,21)(H,19,20). The molecule has 3 rings (SSSR count). The predicted octanol–water partition coefficient (Wildman–Crippen LogP) is 0.951. The molecule has 1 fully saturated rings. The lowest BCUT2D eigenvalue weighted by molar-refractivity contribution is -0.143. The Kier molecular flexibility index (Phi) is 4.00. The number of H-pyrrole nitrogens is 1. The third-order valence-electron chi connectivity index (χ3n) is 4.20. The Morgan fingerprint density at radius 3 is 2.82 bits per heavy atom. The lowest BCUT2D eigenvalue weighted by Gasteiger charge is -2.31. The lowest BCUT2D eigenvalue weighted by Crippen LogP contribution is -2.38. The van der Waals surface area contributed by atoms with Gasteiger partial charge < -0.3 is 19.5 Å². The van der Waals surface area contributed by atoms with Crippen LogP contribution in [0, 0.1) is 5.92 Å². The molecule has 0 bridgehead atoms. The molecule has 3 N–H and O–H groups in total. The first-order valence-corrected chi connectivity index (χ1v) is 7.29. The number of aromatic amines is 1. The number of aliphatic carboxylic acids is 1. The van der Waals surface area contributed by atoms with Gasteiger partial charge in [0.05, 0.1) is 17.5 Å². The van der Waals surface area contributed by atoms with E-state index >= 15 is 0 Å². The van der Waals surface area contributed by atoms with Crippen molar-refractivity contribution in [3.05, 3.63) is 34.3 Å². The molecule has 1 aromatic heterocycles. The number of aliphatic hydroxyl groups is 1. The Morgan fingerprint density at radius 1 is 1.41 bits per heavy atom. The van der Waals surface area contributed by atoms with E-state index in [0.29, 0.717) is 49.1 Å². The number of carboxylic acid groups (broad SMARTS) is 1. The monoisotopic (exact) mass is 306 g/mol. The first kappa shape index (κ1) is 14.8. The van der Waals surface area contributed by atoms with Crippen molar-refractivity contribution < 1.29 is 19.4 Å². The molecule has 1 unspecified atom stereocenters. The average Bonchev–Trinajstić information content (AvgIpc) is 2.86. The topological polar surface area (TPSA) is 107 Å². The number of fused-ring (bicyclic) bond motifs is 1. The molecule has 118 valence electrons. The van der Waals surface area contributed by atoms with E-state index in [1.54, 1.807) is 18.2 Å². The predicted molar refractivity (Wildman–Crippen MR) is 78.6 cm³/mol. The Labute approximate surface area is 126 Å². The summed E-state index contributed by atoms with van der Waals surface area (Å²) in [7, 11) is 0. The highest BCUT2D eigenvalue weighted by Crippen LogP contribution is 2.22. The number of oxazole rings is 1. The molecule has 2 heterocycles. The van der Waals surface area contributed by atoms with Gasteiger partial charge in [0.15, 0.2) is 5.58 Å². The highest BCUT2D eigenvalue weighted by atomic mass is 16.4. The van der Waals surface area contributed by atoms with Crippen LogP contribution in [0.1, 0.15) is 24.5 Å². The molecule has 0 amide bonds. The quantitative estimate of drug-likeness (QED) is 0.776. The molecular weight excluding hydrogens is 288 g/mol. The molecule has 1 aliphatic rings. The Bertz CT molecular complexity index is 727. The van der Waals surface area contributed by atoms with Crippen LogP contribution < -0.4 is 5.76 Å². The summed E-state index contributed by atoms with van der Waals surface area (Å²) in [6.07, 6.45) is 0.507. The van der Waals surface area contributed by atoms with E-state index in [1.165, 1.54) is 0 Å². The van der Waals surface area contributed by atoms with Crippen LogP contribution in [0.4, 0.5) is 0 Å². The van der Waals surface area contributed by atoms with Gasteiger partial charge in [-0.25, -0.2) is 4.79 Å². The summed E-state index contributed by atoms with van der Waals surface area (Å²) < 4.78 is 4.99. The fraction of sp³-hybridized carbons (Fsp3) is 0.467. The number of nitrogens with zero attached hydrogens (tertiary/aromatic N) is 1. The van der Waals surface area contributed by atoms with Crippen LogP contribution in [0.3, 0.4) is 0 Å². The fourth-order valence-corrected chi connectivity index (χ4v) is 2.88. The van der Waals surface area contributed by atoms with Crippen LogP contribution in [0.5, 0.6) is 0 Å². The fourth-order valence-electron chi connectivity index (χ4n) is 2.88. The van der Waals surface area contributed by atoms with Crippen LogP contribution >= 0.6 is 0 Å². The molecule has 22 heavy (non-hydrogen) atoms. The van der Waals surface area contributed by atoms with Crippen LogP contribution in [0.2, 0.25) is 0 Å². The Morgan fingerprint density at radius 2 is 2.14 bits per heavy atom. The van der Waals surface area contributed by atoms with Gasteiger partial charge in [-0.1, -0.05) is 6.07 Å². The van der Waals surface area contributed by atoms with E-state index in [2.05, 4.69) is 9.88 Å². The number of likely N-dealkylation sites (tertiary alicyclic amines) is 1. The zero-order valence-electron chi connectivity index (χ0n) is 12.0. The summed E-state index contributed by atoms with van der Waals surface area (Å²) in [5.74, 6) is -1.54. The maximum atomic E-state index is 11.1. The van der Waals surface area contributed by atoms with Crippen LogP contribution in [0.15, 0.2) is 27.4 Å². The summed E-state index contributed by atoms with van der Waals surface area (Å²) in [4.78, 5) is 26.7. The van der Waals surface area contributed by atoms with E-state index in [9.17, 15) is 14.7 Å². The van der Waals surface area contributed by atoms with Gasteiger partial charge >= 0.3 is 11.7 Å². The zero-order valence-corrected chi connectivity index (χ0v) is 12.0. The molecule has 1 aliphatic heterocycles. The van der Waals surface area contributed by atoms with Crippen molar-refractivity contribution in [3.8, 4) is 0 Å². The molecule has 1 atom stereocenters. The number of hydrogen-bond donors (Lipinski definition) is 3. The Hall–Kier alpha value is -2.12. The highest BCUT2D eigenvalue weighted by Gasteiger charge is 2.25. The number of piperidine rings is 1. The van der Waals surface area contributed by atoms with Crippen molar-refractivity contribution in [2.75, 3.05) is 19.6 Å². The number of rotatable bonds is 4. The lowest BCUT2D eigenvalue weighted by atomic mass is 9.96. The van der Waals surface area contributed by atoms with Gasteiger partial charge in [-0.15, -0.1) is 0 Å². The smallest absolute Gasteiger partial charge is 0.417 e. The van der Waals surface area contributed by atoms with Gasteiger partial charge in [-0.3, -0.25) is 9.78 Å². The summed E-state index contributed by atoms with van der Waals surface area (Å²) in [6, 6.07) is 5.11. The molecule has 0 radical (unpaired) electrons. The average molecular weight is 306 g/mol. The third kappa shape index (κ3) is 3.05. The van der Waals surface area contributed by atoms with Gasteiger partial charge in [-0.2, -0.15) is 0 Å². The normalized spacial score (nSPS) is 18.6. The van der Waals surface area contributed by atoms with E-state index in [1.807, 2.05) is 0 Å². The van der Waals surface area contributed by atoms with Gasteiger partial charge in [-0.05, 0) is 43.6 Å². The van der Waals surface area contributed by atoms with Crippen molar-refractivity contribution in [2.24, 2.45) is 5.92 Å². The summed E-state index contributed by atoms with van der Waals surface area (Å²) in [5.41, 5.74) is 1.70. The second-order valence-corrected chi connectivity index (χ2v) is 5.70. The molecule has 1 aromatic carbocycles. The van der Waals surface area contributed by atoms with E-state index in [0.717, 1.165) is 0 Å². The van der Waals surface area contributed by atoms with Gasteiger partial charge in [0.25, 0.3) is 0 Å². The van der Waals surface area contributed by atoms with E-state index in [4.69, 9.17) is 9.52 Å². The van der Waals surface area contributed by atoms with Crippen LogP contribution in [0.25, 0.3) is 11.1 Å². The Balaban J connectivity index is 1.64. The largest absolute Gasteiger partial charge is 0.481 e. The number of aromatic nitrogens is 1. The minimum Gasteiger partial charge on any atom is -0.481 e. The molecule has 2 aromatic rings. The number of benzene rings is 1. The molecule has 0 aliphatic carbocycles. The molecule has 1 saturated heterocycles.